The third-order valence-electron chi connectivity index (χ3n) is 2.97. The molecular weight excluding hydrogens is 186 g/mol. The van der Waals surface area contributed by atoms with E-state index in [2.05, 4.69) is 6.92 Å². The van der Waals surface area contributed by atoms with Crippen LogP contribution < -0.4 is 5.73 Å². The molecule has 0 aromatic rings. The lowest BCUT2D eigenvalue weighted by Crippen LogP contribution is -2.53. The van der Waals surface area contributed by atoms with Crippen LogP contribution in [0.1, 0.15) is 26.2 Å². The van der Waals surface area contributed by atoms with E-state index < -0.39 is 11.5 Å². The van der Waals surface area contributed by atoms with Gasteiger partial charge in [0.15, 0.2) is 0 Å². The van der Waals surface area contributed by atoms with E-state index in [0.717, 1.165) is 6.42 Å². The molecule has 3 nitrogen and oxygen atoms in total. The second-order valence-electron chi connectivity index (χ2n) is 3.96. The minimum atomic E-state index is -0.972. The first-order valence-corrected chi connectivity index (χ1v) is 5.83. The quantitative estimate of drug-likeness (QED) is 0.710. The number of nitrogens with two attached hydrogens (primary N) is 1. The van der Waals surface area contributed by atoms with E-state index in [0.29, 0.717) is 24.0 Å². The Hall–Kier alpha value is -0.220. The van der Waals surface area contributed by atoms with E-state index in [4.69, 9.17) is 10.8 Å². The van der Waals surface area contributed by atoms with Gasteiger partial charge in [-0.1, -0.05) is 6.92 Å². The maximum absolute atomic E-state index is 10.9. The lowest BCUT2D eigenvalue weighted by molar-refractivity contribution is -0.144. The Kier molecular flexibility index (Phi) is 3.24. The highest BCUT2D eigenvalue weighted by Crippen LogP contribution is 2.36. The first-order valence-electron chi connectivity index (χ1n) is 4.54. The summed E-state index contributed by atoms with van der Waals surface area (Å²) in [6.45, 7) is 2.17. The molecule has 0 aromatic heterocycles. The number of hydrogen-bond donors (Lipinski definition) is 2. The van der Waals surface area contributed by atoms with Crippen LogP contribution >= 0.6 is 11.8 Å². The molecule has 1 saturated carbocycles. The van der Waals surface area contributed by atoms with Gasteiger partial charge in [-0.25, -0.2) is 0 Å². The molecule has 0 aliphatic heterocycles. The lowest BCUT2D eigenvalue weighted by Gasteiger charge is -2.37. The van der Waals surface area contributed by atoms with Gasteiger partial charge in [-0.3, -0.25) is 4.79 Å². The fourth-order valence-electron chi connectivity index (χ4n) is 1.84. The highest BCUT2D eigenvalue weighted by atomic mass is 32.2. The minimum Gasteiger partial charge on any atom is -0.480 e. The van der Waals surface area contributed by atoms with Crippen molar-refractivity contribution in [1.29, 1.82) is 0 Å². The fraction of sp³-hybridized carbons (Fsp3) is 0.889. The van der Waals surface area contributed by atoms with Crippen LogP contribution in [-0.4, -0.2) is 28.1 Å². The van der Waals surface area contributed by atoms with Crippen LogP contribution in [0.3, 0.4) is 0 Å². The molecular formula is C9H17NO2S. The summed E-state index contributed by atoms with van der Waals surface area (Å²) in [5.41, 5.74) is 4.85. The standard InChI is InChI=1S/C9H17NO2S/c1-6-3-4-9(10,8(11)12)5-7(6)13-2/h6-7H,3-5,10H2,1-2H3,(H,11,12). The van der Waals surface area contributed by atoms with Gasteiger partial charge in [0.2, 0.25) is 0 Å². The number of rotatable bonds is 2. The van der Waals surface area contributed by atoms with E-state index in [9.17, 15) is 4.79 Å². The molecule has 1 aliphatic rings. The maximum Gasteiger partial charge on any atom is 0.323 e. The van der Waals surface area contributed by atoms with Gasteiger partial charge in [0.25, 0.3) is 0 Å². The Morgan fingerprint density at radius 2 is 2.31 bits per heavy atom. The largest absolute Gasteiger partial charge is 0.480 e. The Balaban J connectivity index is 2.69. The Morgan fingerprint density at radius 3 is 2.77 bits per heavy atom. The molecule has 1 aliphatic carbocycles. The number of aliphatic carboxylic acids is 1. The van der Waals surface area contributed by atoms with Crippen LogP contribution in [0.4, 0.5) is 0 Å². The van der Waals surface area contributed by atoms with Gasteiger partial charge in [-0.2, -0.15) is 11.8 Å². The van der Waals surface area contributed by atoms with Gasteiger partial charge in [0.05, 0.1) is 0 Å². The van der Waals surface area contributed by atoms with Crippen molar-refractivity contribution in [2.45, 2.75) is 37.0 Å². The normalized spacial score (nSPS) is 40.2. The zero-order valence-electron chi connectivity index (χ0n) is 8.12. The molecule has 1 rings (SSSR count). The van der Waals surface area contributed by atoms with Crippen LogP contribution in [0.2, 0.25) is 0 Å². The summed E-state index contributed by atoms with van der Waals surface area (Å²) in [4.78, 5) is 10.9. The van der Waals surface area contributed by atoms with E-state index in [1.165, 1.54) is 0 Å². The third-order valence-corrected chi connectivity index (χ3v) is 4.21. The van der Waals surface area contributed by atoms with Crippen molar-refractivity contribution in [2.24, 2.45) is 11.7 Å². The highest BCUT2D eigenvalue weighted by molar-refractivity contribution is 7.99. The molecule has 4 heteroatoms. The van der Waals surface area contributed by atoms with Crippen LogP contribution in [0.15, 0.2) is 0 Å². The summed E-state index contributed by atoms with van der Waals surface area (Å²) in [5, 5.41) is 9.36. The molecule has 0 spiro atoms. The van der Waals surface area contributed by atoms with Crippen molar-refractivity contribution in [1.82, 2.24) is 0 Å². The zero-order chi connectivity index (χ0) is 10.1. The zero-order valence-corrected chi connectivity index (χ0v) is 8.93. The second kappa shape index (κ2) is 3.88. The van der Waals surface area contributed by atoms with Gasteiger partial charge in [0.1, 0.15) is 5.54 Å². The predicted molar refractivity (Wildman–Crippen MR) is 54.9 cm³/mol. The summed E-state index contributed by atoms with van der Waals surface area (Å²) in [6, 6.07) is 0. The summed E-state index contributed by atoms with van der Waals surface area (Å²) < 4.78 is 0. The number of carboxylic acids is 1. The monoisotopic (exact) mass is 203 g/mol. The highest BCUT2D eigenvalue weighted by Gasteiger charge is 2.41. The van der Waals surface area contributed by atoms with Crippen LogP contribution in [-0.2, 0) is 4.79 Å². The van der Waals surface area contributed by atoms with Crippen molar-refractivity contribution >= 4 is 17.7 Å². The molecule has 13 heavy (non-hydrogen) atoms. The van der Waals surface area contributed by atoms with Crippen LogP contribution in [0.5, 0.6) is 0 Å². The number of hydrogen-bond acceptors (Lipinski definition) is 3. The van der Waals surface area contributed by atoms with Gasteiger partial charge in [-0.15, -0.1) is 0 Å². The lowest BCUT2D eigenvalue weighted by atomic mass is 9.77. The Labute approximate surface area is 83.1 Å². The van der Waals surface area contributed by atoms with E-state index >= 15 is 0 Å². The smallest absolute Gasteiger partial charge is 0.323 e. The van der Waals surface area contributed by atoms with Gasteiger partial charge in [0, 0.05) is 5.25 Å². The van der Waals surface area contributed by atoms with Gasteiger partial charge in [-0.05, 0) is 31.4 Å². The Morgan fingerprint density at radius 1 is 1.69 bits per heavy atom. The predicted octanol–water partition coefficient (Wildman–Crippen LogP) is 1.32. The molecule has 0 radical (unpaired) electrons. The topological polar surface area (TPSA) is 63.3 Å². The van der Waals surface area contributed by atoms with Crippen molar-refractivity contribution < 1.29 is 9.90 Å². The average molecular weight is 203 g/mol. The van der Waals surface area contributed by atoms with Crippen LogP contribution in [0.25, 0.3) is 0 Å². The van der Waals surface area contributed by atoms with Gasteiger partial charge < -0.3 is 10.8 Å². The average Bonchev–Trinajstić information content (AvgIpc) is 2.09. The molecule has 3 N–H and O–H groups in total. The fourth-order valence-corrected chi connectivity index (χ4v) is 2.91. The molecule has 0 bridgehead atoms. The summed E-state index contributed by atoms with van der Waals surface area (Å²) in [5.74, 6) is -0.260. The SMILES string of the molecule is CSC1CC(N)(C(=O)O)CCC1C. The molecule has 0 aromatic carbocycles. The molecule has 1 fully saturated rings. The number of carboxylic acid groups (broad SMARTS) is 1. The third kappa shape index (κ3) is 2.17. The molecule has 3 unspecified atom stereocenters. The molecule has 0 amide bonds. The van der Waals surface area contributed by atoms with Crippen molar-refractivity contribution in [2.75, 3.05) is 6.26 Å². The molecule has 0 heterocycles. The molecule has 0 saturated heterocycles. The first-order chi connectivity index (χ1) is 5.99. The van der Waals surface area contributed by atoms with Crippen molar-refractivity contribution in [3.8, 4) is 0 Å². The van der Waals surface area contributed by atoms with Crippen LogP contribution in [0, 0.1) is 5.92 Å². The van der Waals surface area contributed by atoms with E-state index in [-0.39, 0.29) is 0 Å². The van der Waals surface area contributed by atoms with E-state index in [1.807, 2.05) is 6.26 Å². The summed E-state index contributed by atoms with van der Waals surface area (Å²) in [7, 11) is 0. The van der Waals surface area contributed by atoms with E-state index in [1.54, 1.807) is 11.8 Å². The maximum atomic E-state index is 10.9. The Bertz CT molecular complexity index is 210. The molecule has 76 valence electrons. The first kappa shape index (κ1) is 10.9. The molecule has 3 atom stereocenters. The number of carbonyl (C=O) groups is 1. The summed E-state index contributed by atoms with van der Waals surface area (Å²) in [6.07, 6.45) is 4.16. The number of thioether (sulfide) groups is 1. The van der Waals surface area contributed by atoms with Gasteiger partial charge >= 0.3 is 5.97 Å². The van der Waals surface area contributed by atoms with Crippen molar-refractivity contribution in [3.63, 3.8) is 0 Å². The summed E-state index contributed by atoms with van der Waals surface area (Å²) >= 11 is 1.73. The van der Waals surface area contributed by atoms with Crippen molar-refractivity contribution in [3.05, 3.63) is 0 Å². The second-order valence-corrected chi connectivity index (χ2v) is 5.03. The minimum absolute atomic E-state index is 0.398.